The summed E-state index contributed by atoms with van der Waals surface area (Å²) in [4.78, 5) is 8.51. The molecule has 0 spiro atoms. The second kappa shape index (κ2) is 3.46. The van der Waals surface area contributed by atoms with Crippen molar-refractivity contribution in [2.24, 2.45) is 5.41 Å². The molecular formula is C17H21N3. The molecule has 0 aliphatic heterocycles. The maximum absolute atomic E-state index is 6.08. The average molecular weight is 267 g/mol. The van der Waals surface area contributed by atoms with Gasteiger partial charge in [-0.05, 0) is 30.4 Å². The van der Waals surface area contributed by atoms with Crippen molar-refractivity contribution in [1.82, 2.24) is 9.97 Å². The molecule has 4 rings (SSSR count). The van der Waals surface area contributed by atoms with E-state index in [1.54, 1.807) is 0 Å². The van der Waals surface area contributed by atoms with E-state index in [-0.39, 0.29) is 5.41 Å². The monoisotopic (exact) mass is 267 g/mol. The minimum Gasteiger partial charge on any atom is -0.398 e. The Bertz CT molecular complexity index is 698. The van der Waals surface area contributed by atoms with Gasteiger partial charge in [0.1, 0.15) is 5.82 Å². The van der Waals surface area contributed by atoms with E-state index in [0.29, 0.717) is 11.3 Å². The largest absolute Gasteiger partial charge is 0.398 e. The fraction of sp³-hybridized carbons (Fsp3) is 0.471. The van der Waals surface area contributed by atoms with Gasteiger partial charge in [-0.25, -0.2) is 4.98 Å². The number of H-pyrrole nitrogens is 1. The predicted octanol–water partition coefficient (Wildman–Crippen LogP) is 3.83. The Morgan fingerprint density at radius 1 is 1.25 bits per heavy atom. The molecule has 1 aromatic carbocycles. The van der Waals surface area contributed by atoms with E-state index >= 15 is 0 Å². The molecule has 2 unspecified atom stereocenters. The third-order valence-corrected chi connectivity index (χ3v) is 6.05. The molecule has 2 aliphatic rings. The van der Waals surface area contributed by atoms with E-state index in [9.17, 15) is 0 Å². The van der Waals surface area contributed by atoms with Crippen LogP contribution in [0.4, 0.5) is 5.69 Å². The average Bonchev–Trinajstić information content (AvgIpc) is 2.97. The summed E-state index contributed by atoms with van der Waals surface area (Å²) in [5.74, 6) is 1.54. The van der Waals surface area contributed by atoms with Crippen LogP contribution in [0.3, 0.4) is 0 Å². The summed E-state index contributed by atoms with van der Waals surface area (Å²) in [6, 6.07) is 7.95. The zero-order valence-corrected chi connectivity index (χ0v) is 12.3. The molecule has 1 saturated carbocycles. The molecule has 3 heteroatoms. The fourth-order valence-electron chi connectivity index (χ4n) is 4.33. The molecule has 2 aromatic rings. The standard InChI is InChI=1S/C17H21N3/c1-16(2)11-8-9-17(16,3)14-13(11)19-15(20-14)10-6-4-5-7-12(10)18/h4-7,11H,8-9,18H2,1-3H3,(H,19,20). The molecule has 20 heavy (non-hydrogen) atoms. The zero-order valence-electron chi connectivity index (χ0n) is 12.3. The van der Waals surface area contributed by atoms with Crippen LogP contribution in [0.5, 0.6) is 0 Å². The van der Waals surface area contributed by atoms with Gasteiger partial charge >= 0.3 is 0 Å². The van der Waals surface area contributed by atoms with Crippen molar-refractivity contribution >= 4 is 5.69 Å². The number of fused-ring (bicyclic) bond motifs is 5. The van der Waals surface area contributed by atoms with Crippen molar-refractivity contribution < 1.29 is 0 Å². The molecule has 3 N–H and O–H groups in total. The van der Waals surface area contributed by atoms with Crippen LogP contribution < -0.4 is 5.73 Å². The van der Waals surface area contributed by atoms with Gasteiger partial charge in [0, 0.05) is 28.3 Å². The summed E-state index contributed by atoms with van der Waals surface area (Å²) in [5, 5.41) is 0. The lowest BCUT2D eigenvalue weighted by Crippen LogP contribution is -2.31. The van der Waals surface area contributed by atoms with Crippen molar-refractivity contribution in [3.8, 4) is 11.4 Å². The van der Waals surface area contributed by atoms with E-state index in [1.807, 2.05) is 24.3 Å². The predicted molar refractivity (Wildman–Crippen MR) is 81.5 cm³/mol. The first-order valence-electron chi connectivity index (χ1n) is 7.40. The summed E-state index contributed by atoms with van der Waals surface area (Å²) in [5.41, 5.74) is 11.0. The Labute approximate surface area is 119 Å². The first kappa shape index (κ1) is 12.0. The number of benzene rings is 1. The van der Waals surface area contributed by atoms with Crippen molar-refractivity contribution in [2.75, 3.05) is 5.73 Å². The first-order chi connectivity index (χ1) is 9.45. The van der Waals surface area contributed by atoms with Crippen LogP contribution in [-0.2, 0) is 5.41 Å². The second-order valence-corrected chi connectivity index (χ2v) is 7.08. The number of nitrogens with zero attached hydrogens (tertiary/aromatic N) is 1. The Hall–Kier alpha value is -1.77. The normalized spacial score (nSPS) is 29.6. The Morgan fingerprint density at radius 2 is 2.00 bits per heavy atom. The molecule has 2 aliphatic carbocycles. The summed E-state index contributed by atoms with van der Waals surface area (Å²) in [6.07, 6.45) is 2.51. The number of para-hydroxylation sites is 1. The summed E-state index contributed by atoms with van der Waals surface area (Å²) < 4.78 is 0. The van der Waals surface area contributed by atoms with Crippen LogP contribution in [0.25, 0.3) is 11.4 Å². The molecular weight excluding hydrogens is 246 g/mol. The lowest BCUT2D eigenvalue weighted by atomic mass is 9.70. The molecule has 0 saturated heterocycles. The van der Waals surface area contributed by atoms with Crippen LogP contribution in [0.2, 0.25) is 0 Å². The van der Waals surface area contributed by atoms with Crippen LogP contribution >= 0.6 is 0 Å². The van der Waals surface area contributed by atoms with Crippen LogP contribution in [0.1, 0.15) is 50.9 Å². The Balaban J connectivity index is 1.89. The Kier molecular flexibility index (Phi) is 2.08. The van der Waals surface area contributed by atoms with E-state index in [1.165, 1.54) is 24.2 Å². The van der Waals surface area contributed by atoms with Gasteiger partial charge < -0.3 is 10.7 Å². The lowest BCUT2D eigenvalue weighted by molar-refractivity contribution is 0.226. The van der Waals surface area contributed by atoms with Crippen molar-refractivity contribution in [3.63, 3.8) is 0 Å². The number of nitrogen functional groups attached to an aromatic ring is 1. The van der Waals surface area contributed by atoms with Crippen molar-refractivity contribution in [3.05, 3.63) is 35.7 Å². The third kappa shape index (κ3) is 1.19. The molecule has 1 aromatic heterocycles. The maximum atomic E-state index is 6.08. The van der Waals surface area contributed by atoms with E-state index in [0.717, 1.165) is 17.1 Å². The lowest BCUT2D eigenvalue weighted by Gasteiger charge is -2.34. The summed E-state index contributed by atoms with van der Waals surface area (Å²) in [7, 11) is 0. The van der Waals surface area contributed by atoms with Gasteiger partial charge in [-0.1, -0.05) is 32.9 Å². The molecule has 2 atom stereocenters. The SMILES string of the molecule is CC12CCC(c3[nH]c(-c4ccccc4N)nc31)C2(C)C. The molecule has 3 nitrogen and oxygen atoms in total. The minimum atomic E-state index is 0.200. The fourth-order valence-corrected chi connectivity index (χ4v) is 4.33. The highest BCUT2D eigenvalue weighted by Gasteiger charge is 2.61. The quantitative estimate of drug-likeness (QED) is 0.771. The molecule has 104 valence electrons. The van der Waals surface area contributed by atoms with E-state index in [2.05, 4.69) is 25.8 Å². The third-order valence-electron chi connectivity index (χ3n) is 6.05. The number of rotatable bonds is 1. The number of hydrogen-bond acceptors (Lipinski definition) is 2. The minimum absolute atomic E-state index is 0.200. The number of hydrogen-bond donors (Lipinski definition) is 2. The van der Waals surface area contributed by atoms with Gasteiger partial charge in [0.2, 0.25) is 0 Å². The van der Waals surface area contributed by atoms with Crippen LogP contribution in [0, 0.1) is 5.41 Å². The van der Waals surface area contributed by atoms with Gasteiger partial charge in [0.25, 0.3) is 0 Å². The highest BCUT2D eigenvalue weighted by Crippen LogP contribution is 2.67. The zero-order chi connectivity index (χ0) is 14.1. The Morgan fingerprint density at radius 3 is 2.70 bits per heavy atom. The van der Waals surface area contributed by atoms with Gasteiger partial charge in [0.05, 0.1) is 5.69 Å². The first-order valence-corrected chi connectivity index (χ1v) is 7.40. The van der Waals surface area contributed by atoms with Crippen molar-refractivity contribution in [2.45, 2.75) is 44.9 Å². The number of aromatic nitrogens is 2. The molecule has 1 heterocycles. The molecule has 0 radical (unpaired) electrons. The summed E-state index contributed by atoms with van der Waals surface area (Å²) in [6.45, 7) is 7.14. The highest BCUT2D eigenvalue weighted by molar-refractivity contribution is 5.72. The molecule has 2 bridgehead atoms. The smallest absolute Gasteiger partial charge is 0.139 e. The van der Waals surface area contributed by atoms with Gasteiger partial charge in [-0.3, -0.25) is 0 Å². The summed E-state index contributed by atoms with van der Waals surface area (Å²) >= 11 is 0. The maximum Gasteiger partial charge on any atom is 0.139 e. The number of nitrogens with one attached hydrogen (secondary N) is 1. The number of aromatic amines is 1. The van der Waals surface area contributed by atoms with E-state index < -0.39 is 0 Å². The molecule has 1 fully saturated rings. The molecule has 0 amide bonds. The van der Waals surface area contributed by atoms with Gasteiger partial charge in [-0.15, -0.1) is 0 Å². The van der Waals surface area contributed by atoms with Gasteiger partial charge in [-0.2, -0.15) is 0 Å². The second-order valence-electron chi connectivity index (χ2n) is 7.08. The van der Waals surface area contributed by atoms with Crippen molar-refractivity contribution in [1.29, 1.82) is 0 Å². The topological polar surface area (TPSA) is 54.7 Å². The number of imidazole rings is 1. The number of nitrogens with two attached hydrogens (primary N) is 1. The van der Waals surface area contributed by atoms with Crippen LogP contribution in [-0.4, -0.2) is 9.97 Å². The highest BCUT2D eigenvalue weighted by atomic mass is 15.0. The van der Waals surface area contributed by atoms with Crippen LogP contribution in [0.15, 0.2) is 24.3 Å². The van der Waals surface area contributed by atoms with Gasteiger partial charge in [0.15, 0.2) is 0 Å². The number of anilines is 1. The van der Waals surface area contributed by atoms with E-state index in [4.69, 9.17) is 10.7 Å².